The number of ether oxygens (including phenoxy) is 2. The molecule has 0 bridgehead atoms. The third-order valence-corrected chi connectivity index (χ3v) is 22.6. The van der Waals surface area contributed by atoms with Crippen molar-refractivity contribution in [3.05, 3.63) is 433 Å². The van der Waals surface area contributed by atoms with Gasteiger partial charge in [-0.05, 0) is 170 Å². The first-order valence-electron chi connectivity index (χ1n) is 40.4. The number of amides is 3. The second-order valence-corrected chi connectivity index (χ2v) is 32.3. The Morgan fingerprint density at radius 3 is 2.01 bits per heavy atom. The fourth-order valence-electron chi connectivity index (χ4n) is 15.3. The number of aromatic hydroxyl groups is 1. The number of benzene rings is 14. The Labute approximate surface area is 729 Å². The number of Topliss-reactive ketones (excluding diaryl/α,β-unsaturated/α-hetero) is 1. The van der Waals surface area contributed by atoms with E-state index in [-0.39, 0.29) is 52.2 Å². The Kier molecular flexibility index (Phi) is 26.7. The number of thioether (sulfide) groups is 1. The van der Waals surface area contributed by atoms with E-state index in [0.717, 1.165) is 117 Å². The lowest BCUT2D eigenvalue weighted by molar-refractivity contribution is -0.446. The van der Waals surface area contributed by atoms with E-state index in [0.29, 0.717) is 51.4 Å². The van der Waals surface area contributed by atoms with Crippen LogP contribution >= 0.6 is 27.7 Å². The summed E-state index contributed by atoms with van der Waals surface area (Å²) in [7, 11) is 1.57. The zero-order chi connectivity index (χ0) is 85.9. The number of phenolic OH excluding ortho intramolecular Hbond substituents is 1. The number of carbonyl (C=O) groups is 4. The average molecular weight is 1720 g/mol. The third-order valence-electron chi connectivity index (χ3n) is 21.1. The largest absolute Gasteiger partial charge is 0.508 e. The summed E-state index contributed by atoms with van der Waals surface area (Å²) in [6, 6.07) is 110. The zero-order valence-electron chi connectivity index (χ0n) is 68.0. The Morgan fingerprint density at radius 2 is 1.24 bits per heavy atom. The molecular formula is C105H87BrN8O9S+2. The Balaban J connectivity index is 0.000000121. The van der Waals surface area contributed by atoms with Crippen molar-refractivity contribution in [2.75, 3.05) is 28.4 Å². The van der Waals surface area contributed by atoms with Crippen LogP contribution in [0.2, 0.25) is 0 Å². The first-order chi connectivity index (χ1) is 60.5. The number of H-pyrrole nitrogens is 3. The summed E-state index contributed by atoms with van der Waals surface area (Å²) in [6.45, 7) is 4.32. The predicted octanol–water partition coefficient (Wildman–Crippen LogP) is 23.4. The quantitative estimate of drug-likeness (QED) is 0.0196. The van der Waals surface area contributed by atoms with Crippen LogP contribution in [0.25, 0.3) is 61.4 Å². The van der Waals surface area contributed by atoms with E-state index in [1.54, 1.807) is 67.4 Å². The SMILES string of the molecule is CC1(C)CC(=O)C2=C(C1)c1c(ccc3ccccc13)NC2c1cc(Br)ccc1O.COc1ccccc1NC(=O)Nc1ccc2ccccc2c1.O=C(/C=C/c1ccccc1)Nc1cccc(/C=C/C(=O)c2ccccc2)c1.O=[NH+]c1ccc2[nH]c(-c3ccccc3)cc2c1.O=c1[nH]c(SCc2ccccc2)[nH+]c2c1[C@H](c1ccccc1)c1ccccc1O2. The number of allylic oxidation sites excluding steroid dienone is 2. The zero-order valence-corrected chi connectivity index (χ0v) is 70.4. The highest BCUT2D eigenvalue weighted by Crippen LogP contribution is 2.53. The fourth-order valence-corrected chi connectivity index (χ4v) is 16.5. The molecule has 3 aliphatic rings. The predicted molar refractivity (Wildman–Crippen MR) is 502 cm³/mol. The van der Waals surface area contributed by atoms with Crippen molar-refractivity contribution in [3.63, 3.8) is 0 Å². The number of para-hydroxylation sites is 3. The minimum absolute atomic E-state index is 0.0594. The molecule has 19 rings (SSSR count). The van der Waals surface area contributed by atoms with Crippen molar-refractivity contribution >= 4 is 130 Å². The minimum Gasteiger partial charge on any atom is -0.508 e. The van der Waals surface area contributed by atoms with Crippen LogP contribution in [0.3, 0.4) is 0 Å². The van der Waals surface area contributed by atoms with E-state index < -0.39 is 0 Å². The molecule has 2 aliphatic heterocycles. The number of anilines is 4. The second-order valence-electron chi connectivity index (χ2n) is 30.4. The van der Waals surface area contributed by atoms with Crippen LogP contribution in [0.15, 0.2) is 378 Å². The highest BCUT2D eigenvalue weighted by molar-refractivity contribution is 9.10. The van der Waals surface area contributed by atoms with Gasteiger partial charge in [-0.1, -0.05) is 291 Å². The van der Waals surface area contributed by atoms with Crippen molar-refractivity contribution in [2.24, 2.45) is 5.41 Å². The number of nitroso groups, excluding NO2 is 1. The van der Waals surface area contributed by atoms with Gasteiger partial charge in [-0.2, -0.15) is 0 Å². The molecule has 14 aromatic carbocycles. The van der Waals surface area contributed by atoms with Gasteiger partial charge in [0.1, 0.15) is 22.8 Å². The lowest BCUT2D eigenvalue weighted by atomic mass is 9.68. The number of aromatic nitrogens is 3. The lowest BCUT2D eigenvalue weighted by Crippen LogP contribution is -2.55. The summed E-state index contributed by atoms with van der Waals surface area (Å²) in [6.07, 6.45) is 7.88. The summed E-state index contributed by atoms with van der Waals surface area (Å²) < 4.78 is 12.2. The van der Waals surface area contributed by atoms with Crippen LogP contribution in [-0.2, 0) is 15.3 Å². The summed E-state index contributed by atoms with van der Waals surface area (Å²) in [4.78, 5) is 83.1. The Morgan fingerprint density at radius 1 is 0.589 bits per heavy atom. The molecule has 3 amide bonds. The van der Waals surface area contributed by atoms with Crippen LogP contribution in [-0.4, -0.2) is 45.7 Å². The number of hydrogen-bond acceptors (Lipinski definition) is 11. The van der Waals surface area contributed by atoms with Gasteiger partial charge in [-0.25, -0.2) is 19.6 Å². The van der Waals surface area contributed by atoms with E-state index in [2.05, 4.69) is 115 Å². The first-order valence-corrected chi connectivity index (χ1v) is 42.1. The molecule has 1 aliphatic carbocycles. The molecule has 1 unspecified atom stereocenters. The molecular weight excluding hydrogens is 1630 g/mol. The van der Waals surface area contributed by atoms with Crippen molar-refractivity contribution in [1.29, 1.82) is 0 Å². The van der Waals surface area contributed by atoms with E-state index in [4.69, 9.17) is 9.47 Å². The molecule has 0 fully saturated rings. The van der Waals surface area contributed by atoms with Gasteiger partial charge in [0.25, 0.3) is 11.6 Å². The third kappa shape index (κ3) is 20.9. The van der Waals surface area contributed by atoms with Crippen molar-refractivity contribution in [3.8, 4) is 34.4 Å². The number of hydrogen-bond donors (Lipinski definition) is 8. The van der Waals surface area contributed by atoms with Gasteiger partial charge in [0.15, 0.2) is 11.6 Å². The van der Waals surface area contributed by atoms with Crippen molar-refractivity contribution in [1.82, 2.24) is 9.97 Å². The molecule has 612 valence electrons. The average Bonchev–Trinajstić information content (AvgIpc) is 0.785. The van der Waals surface area contributed by atoms with Gasteiger partial charge in [0.05, 0.1) is 24.8 Å². The topological polar surface area (TPSA) is 249 Å². The van der Waals surface area contributed by atoms with Gasteiger partial charge in [-0.3, -0.25) is 14.4 Å². The van der Waals surface area contributed by atoms with Gasteiger partial charge in [0.2, 0.25) is 5.91 Å². The Bertz CT molecular complexity index is 6740. The van der Waals surface area contributed by atoms with Crippen LogP contribution in [0.4, 0.5) is 33.2 Å². The van der Waals surface area contributed by atoms with Crippen molar-refractivity contribution < 1.29 is 43.9 Å². The van der Waals surface area contributed by atoms with Crippen molar-refractivity contribution in [2.45, 2.75) is 49.6 Å². The molecule has 4 heterocycles. The molecule has 17 nitrogen and oxygen atoms in total. The molecule has 0 radical (unpaired) electrons. The Hall–Kier alpha value is -15.1. The van der Waals surface area contributed by atoms with E-state index in [1.807, 2.05) is 266 Å². The normalized spacial score (nSPS) is 13.8. The van der Waals surface area contributed by atoms with Crippen LogP contribution in [0.1, 0.15) is 93.5 Å². The van der Waals surface area contributed by atoms with Gasteiger partial charge in [0, 0.05) is 106 Å². The van der Waals surface area contributed by atoms with Gasteiger partial charge < -0.3 is 40.8 Å². The number of ketones is 2. The maximum absolute atomic E-state index is 13.4. The molecule has 0 saturated heterocycles. The molecule has 9 N–H and O–H groups in total. The van der Waals surface area contributed by atoms with E-state index in [9.17, 15) is 34.0 Å². The molecule has 0 spiro atoms. The maximum atomic E-state index is 13.4. The van der Waals surface area contributed by atoms with Crippen LogP contribution in [0.5, 0.6) is 23.1 Å². The van der Waals surface area contributed by atoms with Gasteiger partial charge in [-0.15, -0.1) is 0 Å². The second kappa shape index (κ2) is 39.4. The standard InChI is InChI=1S/C25H22BrNO2.C24H18N2O2S.C24H19NO2.C18H16N2O2.C14H10N2O/c1-25(2)12-18-22-16-6-4-3-5-14(16)7-9-19(22)27-24(23(18)21(29)13-25)17-11-15(26)8-10-20(17)28;27-22-21-20(17-11-5-2-6-12-17)18-13-7-8-14-19(18)28-23(21)26-24(25-22)29-15-16-9-3-1-4-10-16;26-23(21-11-5-2-6-12-21)16-14-20-10-7-13-22(18-20)25-24(27)17-15-19-8-3-1-4-9-19;1-22-17-9-5-4-8-16(17)20-18(21)19-15-11-10-13-6-2-3-7-14(13)12-15;17-16-12-6-7-13-11(8-12)9-14(15-13)10-4-2-1-3-5-10/h3-11,24,27-28H,12-13H2,1-2H3;1-14,20H,15H2,(H,25,26,27);1-18H,(H,25,27);2-12H,1H3,(H2,19,20,21);1-9,15H/p+2/b;;16-14+,17-15+;;/t;20-;;;/m.1.../s1. The van der Waals surface area contributed by atoms with Crippen LogP contribution in [0, 0.1) is 10.3 Å². The number of aromatic amines is 3. The smallest absolute Gasteiger partial charge is 0.344 e. The fraction of sp³-hybridized carbons (Fsp3) is 0.0857. The molecule has 19 heteroatoms. The summed E-state index contributed by atoms with van der Waals surface area (Å²) >= 11 is 5.06. The molecule has 2 atom stereocenters. The number of nitrogens with one attached hydrogen (secondary N) is 8. The number of halogens is 1. The van der Waals surface area contributed by atoms with E-state index >= 15 is 0 Å². The van der Waals surface area contributed by atoms with E-state index in [1.165, 1.54) is 23.1 Å². The highest BCUT2D eigenvalue weighted by Gasteiger charge is 2.42. The lowest BCUT2D eigenvalue weighted by Gasteiger charge is -2.40. The van der Waals surface area contributed by atoms with Crippen LogP contribution < -0.4 is 46.5 Å². The summed E-state index contributed by atoms with van der Waals surface area (Å²) in [5, 5.41) is 30.8. The number of rotatable bonds is 16. The molecule has 0 saturated carbocycles. The first kappa shape index (κ1) is 84.0. The number of carbonyl (C=O) groups excluding carboxylic acids is 4. The number of methoxy groups -OCH3 is 1. The molecule has 124 heavy (non-hydrogen) atoms. The molecule has 16 aromatic rings. The minimum atomic E-state index is -0.361. The molecule has 2 aromatic heterocycles. The number of phenols is 1. The summed E-state index contributed by atoms with van der Waals surface area (Å²) in [5.74, 6) is 2.57. The monoisotopic (exact) mass is 1710 g/mol. The number of fused-ring (bicyclic) bond motifs is 8. The maximum Gasteiger partial charge on any atom is 0.344 e. The summed E-state index contributed by atoms with van der Waals surface area (Å²) in [5.41, 5.74) is 16.7. The van der Waals surface area contributed by atoms with Gasteiger partial charge >= 0.3 is 16.7 Å². The number of urea groups is 1. The highest BCUT2D eigenvalue weighted by atomic mass is 79.9.